The van der Waals surface area contributed by atoms with E-state index in [0.717, 1.165) is 18.6 Å². The Bertz CT molecular complexity index is 747. The standard InChI is InChI=1S/C18H26N2O4S/c1-13-14(2)25(22,23)11-9-20(13)18(21)19-8-10-24-17-7-6-15-4-3-5-16(15)12-17/h6-7,12-14H,3-5,8-11H2,1-2H3,(H,19,21)/t13-,14+/m0/s1. The van der Waals surface area contributed by atoms with Crippen LogP contribution in [0.2, 0.25) is 0 Å². The minimum atomic E-state index is -3.09. The normalized spacial score (nSPS) is 24.6. The molecule has 2 amide bonds. The van der Waals surface area contributed by atoms with Crippen molar-refractivity contribution in [1.29, 1.82) is 0 Å². The number of fused-ring (bicyclic) bond motifs is 1. The van der Waals surface area contributed by atoms with Gasteiger partial charge in [-0.15, -0.1) is 0 Å². The minimum absolute atomic E-state index is 0.0253. The lowest BCUT2D eigenvalue weighted by Gasteiger charge is -2.37. The van der Waals surface area contributed by atoms with E-state index in [4.69, 9.17) is 4.74 Å². The molecule has 3 rings (SSSR count). The van der Waals surface area contributed by atoms with Gasteiger partial charge in [0.05, 0.1) is 17.5 Å². The molecule has 1 saturated heterocycles. The van der Waals surface area contributed by atoms with E-state index in [0.29, 0.717) is 13.2 Å². The smallest absolute Gasteiger partial charge is 0.317 e. The lowest BCUT2D eigenvalue weighted by atomic mass is 10.1. The van der Waals surface area contributed by atoms with E-state index in [2.05, 4.69) is 17.4 Å². The van der Waals surface area contributed by atoms with Gasteiger partial charge in [-0.3, -0.25) is 0 Å². The molecule has 0 bridgehead atoms. The van der Waals surface area contributed by atoms with Crippen LogP contribution in [0.15, 0.2) is 18.2 Å². The molecular weight excluding hydrogens is 340 g/mol. The van der Waals surface area contributed by atoms with Crippen molar-refractivity contribution < 1.29 is 17.9 Å². The number of carbonyl (C=O) groups excluding carboxylic acids is 1. The van der Waals surface area contributed by atoms with E-state index < -0.39 is 15.1 Å². The van der Waals surface area contributed by atoms with Crippen molar-refractivity contribution in [2.24, 2.45) is 0 Å². The first-order valence-corrected chi connectivity index (χ1v) is 10.6. The molecule has 0 unspecified atom stereocenters. The summed E-state index contributed by atoms with van der Waals surface area (Å²) in [4.78, 5) is 13.9. The fraction of sp³-hybridized carbons (Fsp3) is 0.611. The molecule has 1 aromatic rings. The summed E-state index contributed by atoms with van der Waals surface area (Å²) in [5, 5.41) is 2.29. The van der Waals surface area contributed by atoms with Crippen LogP contribution in [0.5, 0.6) is 5.75 Å². The molecule has 0 saturated carbocycles. The summed E-state index contributed by atoms with van der Waals surface area (Å²) >= 11 is 0. The first-order valence-electron chi connectivity index (χ1n) is 8.89. The molecule has 2 aliphatic rings. The van der Waals surface area contributed by atoms with Gasteiger partial charge in [0.1, 0.15) is 12.4 Å². The van der Waals surface area contributed by atoms with Crippen LogP contribution in [0.25, 0.3) is 0 Å². The summed E-state index contributed by atoms with van der Waals surface area (Å²) in [7, 11) is -3.09. The fourth-order valence-corrected chi connectivity index (χ4v) is 5.09. The van der Waals surface area contributed by atoms with Crippen LogP contribution < -0.4 is 10.1 Å². The van der Waals surface area contributed by atoms with E-state index in [-0.39, 0.29) is 24.4 Å². The Hall–Kier alpha value is -1.76. The molecule has 0 radical (unpaired) electrons. The summed E-state index contributed by atoms with van der Waals surface area (Å²) < 4.78 is 29.5. The average molecular weight is 366 g/mol. The van der Waals surface area contributed by atoms with Gasteiger partial charge in [0.25, 0.3) is 0 Å². The van der Waals surface area contributed by atoms with Crippen molar-refractivity contribution in [1.82, 2.24) is 10.2 Å². The zero-order valence-corrected chi connectivity index (χ0v) is 15.6. The van der Waals surface area contributed by atoms with E-state index in [9.17, 15) is 13.2 Å². The van der Waals surface area contributed by atoms with Crippen LogP contribution in [-0.4, -0.2) is 56.1 Å². The topological polar surface area (TPSA) is 75.7 Å². The number of nitrogens with zero attached hydrogens (tertiary/aromatic N) is 1. The number of amides is 2. The van der Waals surface area contributed by atoms with Crippen LogP contribution in [0.1, 0.15) is 31.4 Å². The van der Waals surface area contributed by atoms with Crippen molar-refractivity contribution in [3.05, 3.63) is 29.3 Å². The Balaban J connectivity index is 1.45. The summed E-state index contributed by atoms with van der Waals surface area (Å²) in [5.74, 6) is 0.860. The second-order valence-electron chi connectivity index (χ2n) is 6.87. The number of ether oxygens (including phenoxy) is 1. The van der Waals surface area contributed by atoms with Crippen molar-refractivity contribution >= 4 is 15.9 Å². The van der Waals surface area contributed by atoms with Gasteiger partial charge >= 0.3 is 6.03 Å². The molecule has 2 atom stereocenters. The van der Waals surface area contributed by atoms with E-state index in [1.807, 2.05) is 6.07 Å². The van der Waals surface area contributed by atoms with Gasteiger partial charge in [-0.1, -0.05) is 6.07 Å². The number of nitrogens with one attached hydrogen (secondary N) is 1. The fourth-order valence-electron chi connectivity index (χ4n) is 3.52. The molecule has 1 N–H and O–H groups in total. The largest absolute Gasteiger partial charge is 0.492 e. The van der Waals surface area contributed by atoms with Crippen molar-refractivity contribution in [2.45, 2.75) is 44.4 Å². The van der Waals surface area contributed by atoms with Gasteiger partial charge in [0.15, 0.2) is 9.84 Å². The second-order valence-corrected chi connectivity index (χ2v) is 9.35. The number of rotatable bonds is 4. The van der Waals surface area contributed by atoms with Crippen molar-refractivity contribution in [3.63, 3.8) is 0 Å². The summed E-state index contributed by atoms with van der Waals surface area (Å²) in [6.07, 6.45) is 3.46. The van der Waals surface area contributed by atoms with Gasteiger partial charge in [0.2, 0.25) is 0 Å². The third-order valence-corrected chi connectivity index (χ3v) is 7.61. The third-order valence-electron chi connectivity index (χ3n) is 5.33. The number of carbonyl (C=O) groups is 1. The number of sulfone groups is 1. The van der Waals surface area contributed by atoms with Gasteiger partial charge in [-0.2, -0.15) is 0 Å². The van der Waals surface area contributed by atoms with Crippen LogP contribution in [0.3, 0.4) is 0 Å². The maximum atomic E-state index is 12.3. The lowest BCUT2D eigenvalue weighted by Crippen LogP contribution is -2.57. The molecule has 1 heterocycles. The van der Waals surface area contributed by atoms with Gasteiger partial charge < -0.3 is 15.0 Å². The maximum Gasteiger partial charge on any atom is 0.317 e. The Kier molecular flexibility index (Phi) is 5.22. The highest BCUT2D eigenvalue weighted by Crippen LogP contribution is 2.26. The predicted molar refractivity (Wildman–Crippen MR) is 96.8 cm³/mol. The Morgan fingerprint density at radius 3 is 2.84 bits per heavy atom. The average Bonchev–Trinajstić information content (AvgIpc) is 3.04. The number of hydrogen-bond acceptors (Lipinski definition) is 4. The highest BCUT2D eigenvalue weighted by atomic mass is 32.2. The monoisotopic (exact) mass is 366 g/mol. The molecule has 7 heteroatoms. The van der Waals surface area contributed by atoms with Gasteiger partial charge in [0, 0.05) is 12.6 Å². The molecule has 6 nitrogen and oxygen atoms in total. The second kappa shape index (κ2) is 7.23. The van der Waals surface area contributed by atoms with Crippen LogP contribution in [0, 0.1) is 0 Å². The van der Waals surface area contributed by atoms with Crippen LogP contribution in [0.4, 0.5) is 4.79 Å². The number of aryl methyl sites for hydroxylation is 2. The third kappa shape index (κ3) is 3.92. The van der Waals surface area contributed by atoms with Gasteiger partial charge in [-0.25, -0.2) is 13.2 Å². The maximum absolute atomic E-state index is 12.3. The van der Waals surface area contributed by atoms with Crippen LogP contribution in [-0.2, 0) is 22.7 Å². The molecule has 0 aromatic heterocycles. The highest BCUT2D eigenvalue weighted by molar-refractivity contribution is 7.92. The molecule has 0 spiro atoms. The van der Waals surface area contributed by atoms with Crippen LogP contribution >= 0.6 is 0 Å². The molecule has 1 aliphatic carbocycles. The zero-order valence-electron chi connectivity index (χ0n) is 14.8. The number of urea groups is 1. The Labute approximate surface area is 149 Å². The van der Waals surface area contributed by atoms with E-state index in [1.165, 1.54) is 17.5 Å². The molecule has 1 fully saturated rings. The molecular formula is C18H26N2O4S. The quantitative estimate of drug-likeness (QED) is 0.824. The SMILES string of the molecule is C[C@@H]1[C@H](C)N(C(=O)NCCOc2ccc3c(c2)CCC3)CCS1(=O)=O. The lowest BCUT2D eigenvalue weighted by molar-refractivity contribution is 0.175. The summed E-state index contributed by atoms with van der Waals surface area (Å²) in [6.45, 7) is 4.46. The summed E-state index contributed by atoms with van der Waals surface area (Å²) in [5.41, 5.74) is 2.77. The Morgan fingerprint density at radius 1 is 1.28 bits per heavy atom. The predicted octanol–water partition coefficient (Wildman–Crippen LogP) is 1.77. The Morgan fingerprint density at radius 2 is 2.04 bits per heavy atom. The molecule has 138 valence electrons. The van der Waals surface area contributed by atoms with E-state index in [1.54, 1.807) is 18.7 Å². The first kappa shape index (κ1) is 18.0. The molecule has 1 aliphatic heterocycles. The summed E-state index contributed by atoms with van der Waals surface area (Å²) in [6, 6.07) is 5.63. The van der Waals surface area contributed by atoms with Gasteiger partial charge in [-0.05, 0) is 56.4 Å². The van der Waals surface area contributed by atoms with Crippen molar-refractivity contribution in [3.8, 4) is 5.75 Å². The minimum Gasteiger partial charge on any atom is -0.492 e. The van der Waals surface area contributed by atoms with Crippen molar-refractivity contribution in [2.75, 3.05) is 25.4 Å². The van der Waals surface area contributed by atoms with E-state index >= 15 is 0 Å². The number of benzene rings is 1. The first-order chi connectivity index (χ1) is 11.9. The number of hydrogen-bond donors (Lipinski definition) is 1. The zero-order chi connectivity index (χ0) is 18.0. The highest BCUT2D eigenvalue weighted by Gasteiger charge is 2.37. The molecule has 1 aromatic carbocycles. The molecule has 25 heavy (non-hydrogen) atoms.